The van der Waals surface area contributed by atoms with Gasteiger partial charge in [0.15, 0.2) is 0 Å². The van der Waals surface area contributed by atoms with Gasteiger partial charge < -0.3 is 10.6 Å². The SMILES string of the molecule is CC1CCC2(CC1)NC(=O)N(CC(=O)N[C@H](C)c1cccc(Cl)c1)C2=O. The summed E-state index contributed by atoms with van der Waals surface area (Å²) in [5.74, 6) is -0.0941. The van der Waals surface area contributed by atoms with Crippen molar-refractivity contribution in [1.29, 1.82) is 0 Å². The van der Waals surface area contributed by atoms with Gasteiger partial charge in [-0.1, -0.05) is 30.7 Å². The van der Waals surface area contributed by atoms with Crippen molar-refractivity contribution in [1.82, 2.24) is 15.5 Å². The normalized spacial score (nSPS) is 26.7. The highest BCUT2D eigenvalue weighted by Gasteiger charge is 2.52. The molecule has 6 nitrogen and oxygen atoms in total. The lowest BCUT2D eigenvalue weighted by molar-refractivity contribution is -0.136. The van der Waals surface area contributed by atoms with Gasteiger partial charge in [0.25, 0.3) is 5.91 Å². The zero-order chi connectivity index (χ0) is 18.9. The van der Waals surface area contributed by atoms with Crippen LogP contribution in [-0.4, -0.2) is 34.8 Å². The Morgan fingerprint density at radius 1 is 1.38 bits per heavy atom. The maximum absolute atomic E-state index is 12.8. The van der Waals surface area contributed by atoms with E-state index in [2.05, 4.69) is 17.6 Å². The smallest absolute Gasteiger partial charge is 0.325 e. The van der Waals surface area contributed by atoms with Gasteiger partial charge in [-0.15, -0.1) is 0 Å². The number of amides is 4. The average molecular weight is 378 g/mol. The topological polar surface area (TPSA) is 78.5 Å². The number of nitrogens with one attached hydrogen (secondary N) is 2. The summed E-state index contributed by atoms with van der Waals surface area (Å²) < 4.78 is 0. The Balaban J connectivity index is 1.62. The summed E-state index contributed by atoms with van der Waals surface area (Å²) in [6.07, 6.45) is 3.07. The molecule has 2 aliphatic rings. The van der Waals surface area contributed by atoms with Gasteiger partial charge in [-0.2, -0.15) is 0 Å². The first-order chi connectivity index (χ1) is 12.3. The van der Waals surface area contributed by atoms with E-state index in [1.165, 1.54) is 0 Å². The molecule has 1 aromatic rings. The highest BCUT2D eigenvalue weighted by atomic mass is 35.5. The monoisotopic (exact) mass is 377 g/mol. The first-order valence-electron chi connectivity index (χ1n) is 9.00. The minimum absolute atomic E-state index is 0.271. The van der Waals surface area contributed by atoms with Gasteiger partial charge in [-0.25, -0.2) is 4.79 Å². The molecule has 1 heterocycles. The van der Waals surface area contributed by atoms with Gasteiger partial charge in [0.2, 0.25) is 5.91 Å². The van der Waals surface area contributed by atoms with Crippen LogP contribution in [0.5, 0.6) is 0 Å². The summed E-state index contributed by atoms with van der Waals surface area (Å²) in [5, 5.41) is 6.23. The zero-order valence-electron chi connectivity index (χ0n) is 15.0. The molecule has 1 aromatic carbocycles. The van der Waals surface area contributed by atoms with Crippen LogP contribution in [0.25, 0.3) is 0 Å². The Bertz CT molecular complexity index is 728. The number of imide groups is 1. The lowest BCUT2D eigenvalue weighted by atomic mass is 9.77. The van der Waals surface area contributed by atoms with Crippen molar-refractivity contribution < 1.29 is 14.4 Å². The van der Waals surface area contributed by atoms with Gasteiger partial charge in [-0.05, 0) is 56.2 Å². The van der Waals surface area contributed by atoms with E-state index >= 15 is 0 Å². The Morgan fingerprint density at radius 2 is 2.08 bits per heavy atom. The first kappa shape index (κ1) is 18.7. The van der Waals surface area contributed by atoms with Crippen LogP contribution in [0.4, 0.5) is 4.79 Å². The fourth-order valence-electron chi connectivity index (χ4n) is 3.70. The van der Waals surface area contributed by atoms with Gasteiger partial charge in [0, 0.05) is 5.02 Å². The third-order valence-electron chi connectivity index (χ3n) is 5.40. The largest absolute Gasteiger partial charge is 0.348 e. The van der Waals surface area contributed by atoms with Crippen LogP contribution in [0, 0.1) is 5.92 Å². The molecule has 0 aromatic heterocycles. The first-order valence-corrected chi connectivity index (χ1v) is 9.37. The van der Waals surface area contributed by atoms with Gasteiger partial charge >= 0.3 is 6.03 Å². The van der Waals surface area contributed by atoms with Gasteiger partial charge in [-0.3, -0.25) is 14.5 Å². The van der Waals surface area contributed by atoms with Crippen LogP contribution in [0.15, 0.2) is 24.3 Å². The maximum atomic E-state index is 12.8. The second-order valence-corrected chi connectivity index (χ2v) is 7.87. The number of urea groups is 1. The maximum Gasteiger partial charge on any atom is 0.325 e. The number of hydrogen-bond donors (Lipinski definition) is 2. The van der Waals surface area contributed by atoms with E-state index < -0.39 is 11.6 Å². The second-order valence-electron chi connectivity index (χ2n) is 7.43. The van der Waals surface area contributed by atoms with E-state index in [1.807, 2.05) is 19.1 Å². The summed E-state index contributed by atoms with van der Waals surface area (Å²) in [6.45, 7) is 3.71. The predicted molar refractivity (Wildman–Crippen MR) is 98.6 cm³/mol. The third kappa shape index (κ3) is 3.70. The van der Waals surface area contributed by atoms with E-state index in [0.717, 1.165) is 23.3 Å². The molecule has 1 saturated carbocycles. The minimum atomic E-state index is -0.817. The molecule has 2 fully saturated rings. The molecular weight excluding hydrogens is 354 g/mol. The third-order valence-corrected chi connectivity index (χ3v) is 5.64. The van der Waals surface area contributed by atoms with Crippen molar-refractivity contribution >= 4 is 29.4 Å². The fourth-order valence-corrected chi connectivity index (χ4v) is 3.90. The summed E-state index contributed by atoms with van der Waals surface area (Å²) in [6, 6.07) is 6.46. The Labute approximate surface area is 158 Å². The molecule has 0 radical (unpaired) electrons. The van der Waals surface area contributed by atoms with Crippen molar-refractivity contribution in [2.24, 2.45) is 5.92 Å². The molecule has 0 unspecified atom stereocenters. The number of carbonyl (C=O) groups excluding carboxylic acids is 3. The van der Waals surface area contributed by atoms with Crippen LogP contribution in [-0.2, 0) is 9.59 Å². The molecule has 1 spiro atoms. The molecule has 0 bridgehead atoms. The molecular formula is C19H24ClN3O3. The number of rotatable bonds is 4. The summed E-state index contributed by atoms with van der Waals surface area (Å²) in [4.78, 5) is 38.5. The molecule has 7 heteroatoms. The number of carbonyl (C=O) groups is 3. The van der Waals surface area contributed by atoms with E-state index in [9.17, 15) is 14.4 Å². The molecule has 3 rings (SSSR count). The Hall–Kier alpha value is -2.08. The number of halogens is 1. The van der Waals surface area contributed by atoms with Crippen LogP contribution >= 0.6 is 11.6 Å². The van der Waals surface area contributed by atoms with E-state index in [1.54, 1.807) is 12.1 Å². The molecule has 1 aliphatic heterocycles. The van der Waals surface area contributed by atoms with Crippen LogP contribution in [0.3, 0.4) is 0 Å². The quantitative estimate of drug-likeness (QED) is 0.791. The summed E-state index contributed by atoms with van der Waals surface area (Å²) in [5.41, 5.74) is 0.0448. The lowest BCUT2D eigenvalue weighted by Crippen LogP contribution is -2.50. The molecule has 1 saturated heterocycles. The minimum Gasteiger partial charge on any atom is -0.348 e. The summed E-state index contributed by atoms with van der Waals surface area (Å²) >= 11 is 5.98. The highest BCUT2D eigenvalue weighted by Crippen LogP contribution is 2.36. The molecule has 2 N–H and O–H groups in total. The van der Waals surface area contributed by atoms with Crippen LogP contribution < -0.4 is 10.6 Å². The van der Waals surface area contributed by atoms with Crippen LogP contribution in [0.2, 0.25) is 5.02 Å². The van der Waals surface area contributed by atoms with Crippen LogP contribution in [0.1, 0.15) is 51.1 Å². The Kier molecular flexibility index (Phi) is 5.23. The van der Waals surface area contributed by atoms with Gasteiger partial charge in [0.05, 0.1) is 6.04 Å². The van der Waals surface area contributed by atoms with Gasteiger partial charge in [0.1, 0.15) is 12.1 Å². The Morgan fingerprint density at radius 3 is 2.73 bits per heavy atom. The number of hydrogen-bond acceptors (Lipinski definition) is 3. The molecule has 140 valence electrons. The standard InChI is InChI=1S/C19H24ClN3O3/c1-12-6-8-19(9-7-12)17(25)23(18(26)22-19)11-16(24)21-13(2)14-4-3-5-15(20)10-14/h3-5,10,12-13H,6-9,11H2,1-2H3,(H,21,24)(H,22,26)/t12?,13-,19?/m1/s1. The lowest BCUT2D eigenvalue weighted by Gasteiger charge is -2.33. The van der Waals surface area contributed by atoms with E-state index in [4.69, 9.17) is 11.6 Å². The van der Waals surface area contributed by atoms with E-state index in [0.29, 0.717) is 23.8 Å². The van der Waals surface area contributed by atoms with Crippen molar-refractivity contribution in [3.05, 3.63) is 34.9 Å². The van der Waals surface area contributed by atoms with E-state index in [-0.39, 0.29) is 24.4 Å². The van der Waals surface area contributed by atoms with Crippen molar-refractivity contribution in [2.45, 2.75) is 51.1 Å². The zero-order valence-corrected chi connectivity index (χ0v) is 15.8. The fraction of sp³-hybridized carbons (Fsp3) is 0.526. The molecule has 1 aliphatic carbocycles. The summed E-state index contributed by atoms with van der Waals surface area (Å²) in [7, 11) is 0. The van der Waals surface area contributed by atoms with Crippen molar-refractivity contribution in [2.75, 3.05) is 6.54 Å². The predicted octanol–water partition coefficient (Wildman–Crippen LogP) is 3.02. The molecule has 26 heavy (non-hydrogen) atoms. The molecule has 1 atom stereocenters. The molecule has 4 amide bonds. The number of benzene rings is 1. The average Bonchev–Trinajstić information content (AvgIpc) is 2.82. The highest BCUT2D eigenvalue weighted by molar-refractivity contribution is 6.30. The van der Waals surface area contributed by atoms with Crippen molar-refractivity contribution in [3.8, 4) is 0 Å². The number of nitrogens with zero attached hydrogens (tertiary/aromatic N) is 1. The van der Waals surface area contributed by atoms with Crippen molar-refractivity contribution in [3.63, 3.8) is 0 Å². The second kappa shape index (κ2) is 7.27.